The normalized spacial score (nSPS) is 12.9. The smallest absolute Gasteiger partial charge is 0.270 e. The molecule has 0 radical (unpaired) electrons. The minimum atomic E-state index is -0.411. The largest absolute Gasteiger partial charge is 0.345 e. The number of imidazole rings is 1. The molecular formula is C24H28N6O2. The van der Waals surface area contributed by atoms with Gasteiger partial charge >= 0.3 is 0 Å². The van der Waals surface area contributed by atoms with Crippen LogP contribution < -0.4 is 16.2 Å². The highest BCUT2D eigenvalue weighted by atomic mass is 16.2. The summed E-state index contributed by atoms with van der Waals surface area (Å²) in [7, 11) is 0. The van der Waals surface area contributed by atoms with E-state index in [1.54, 1.807) is 24.4 Å². The molecule has 0 bridgehead atoms. The van der Waals surface area contributed by atoms with Gasteiger partial charge in [-0.05, 0) is 36.1 Å². The average Bonchev–Trinajstić information content (AvgIpc) is 3.17. The van der Waals surface area contributed by atoms with Crippen LogP contribution in [0.3, 0.4) is 0 Å². The summed E-state index contributed by atoms with van der Waals surface area (Å²) in [5, 5.41) is 6.36. The summed E-state index contributed by atoms with van der Waals surface area (Å²) >= 11 is 0. The Labute approximate surface area is 186 Å². The molecule has 0 aliphatic carbocycles. The van der Waals surface area contributed by atoms with Gasteiger partial charge in [-0.15, -0.1) is 0 Å². The van der Waals surface area contributed by atoms with E-state index in [1.807, 2.05) is 22.9 Å². The Hall–Kier alpha value is -3.52. The maximum absolute atomic E-state index is 12.5. The molecule has 8 heteroatoms. The summed E-state index contributed by atoms with van der Waals surface area (Å²) in [5.74, 6) is -0.411. The van der Waals surface area contributed by atoms with Gasteiger partial charge in [0.2, 0.25) is 0 Å². The van der Waals surface area contributed by atoms with Crippen LogP contribution in [0.2, 0.25) is 0 Å². The molecular weight excluding hydrogens is 404 g/mol. The number of fused-ring (bicyclic) bond motifs is 2. The monoisotopic (exact) mass is 432 g/mol. The van der Waals surface area contributed by atoms with Crippen LogP contribution >= 0.6 is 0 Å². The standard InChI is InChI=1S/C24H28N6O2/c1-16(24(2,3)4)25-12-17-8-9-20-27-18(15-29(20)14-17)13-26-23(32)19-11-22(31)30-10-6-5-7-21(30)28-19/h5-11,14-16,25H,12-13H2,1-4H3,(H,26,32)/t16-/m0/s1. The van der Waals surface area contributed by atoms with Gasteiger partial charge in [0, 0.05) is 37.2 Å². The maximum Gasteiger partial charge on any atom is 0.270 e. The van der Waals surface area contributed by atoms with Gasteiger partial charge in [0.25, 0.3) is 11.5 Å². The number of hydrogen-bond donors (Lipinski definition) is 2. The van der Waals surface area contributed by atoms with Gasteiger partial charge in [-0.1, -0.05) is 32.9 Å². The topological polar surface area (TPSA) is 92.8 Å². The molecule has 0 spiro atoms. The van der Waals surface area contributed by atoms with Crippen molar-refractivity contribution >= 4 is 17.2 Å². The molecule has 1 atom stereocenters. The molecule has 8 nitrogen and oxygen atoms in total. The molecule has 166 valence electrons. The zero-order valence-electron chi connectivity index (χ0n) is 18.8. The fraction of sp³-hybridized carbons (Fsp3) is 0.333. The SMILES string of the molecule is C[C@H](NCc1ccc2nc(CNC(=O)c3cc(=O)n4ccccc4n3)cn2c1)C(C)(C)C. The number of nitrogens with zero attached hydrogens (tertiary/aromatic N) is 4. The average molecular weight is 433 g/mol. The van der Waals surface area contributed by atoms with Crippen LogP contribution in [-0.2, 0) is 13.1 Å². The Morgan fingerprint density at radius 2 is 1.88 bits per heavy atom. The van der Waals surface area contributed by atoms with Crippen LogP contribution in [-0.4, -0.2) is 30.7 Å². The third-order valence-electron chi connectivity index (χ3n) is 5.71. The highest BCUT2D eigenvalue weighted by Crippen LogP contribution is 2.19. The van der Waals surface area contributed by atoms with Crippen molar-refractivity contribution in [1.82, 2.24) is 29.4 Å². The van der Waals surface area contributed by atoms with Crippen LogP contribution in [0.1, 0.15) is 49.4 Å². The lowest BCUT2D eigenvalue weighted by Crippen LogP contribution is -2.37. The number of carbonyl (C=O) groups excluding carboxylic acids is 1. The van der Waals surface area contributed by atoms with E-state index in [2.05, 4.69) is 54.4 Å². The van der Waals surface area contributed by atoms with Gasteiger partial charge in [-0.25, -0.2) is 9.97 Å². The molecule has 0 aromatic carbocycles. The molecule has 0 aliphatic rings. The molecule has 2 N–H and O–H groups in total. The van der Waals surface area contributed by atoms with Gasteiger partial charge in [-0.3, -0.25) is 14.0 Å². The van der Waals surface area contributed by atoms with E-state index in [9.17, 15) is 9.59 Å². The lowest BCUT2D eigenvalue weighted by Gasteiger charge is -2.28. The van der Waals surface area contributed by atoms with E-state index in [4.69, 9.17) is 0 Å². The van der Waals surface area contributed by atoms with Gasteiger partial charge < -0.3 is 15.0 Å². The molecule has 4 aromatic rings. The predicted molar refractivity (Wildman–Crippen MR) is 124 cm³/mol. The van der Waals surface area contributed by atoms with Crippen LogP contribution in [0, 0.1) is 5.41 Å². The predicted octanol–water partition coefficient (Wildman–Crippen LogP) is 2.80. The Balaban J connectivity index is 1.43. The van der Waals surface area contributed by atoms with Crippen molar-refractivity contribution < 1.29 is 4.79 Å². The molecule has 32 heavy (non-hydrogen) atoms. The van der Waals surface area contributed by atoms with Crippen LogP contribution in [0.4, 0.5) is 0 Å². The molecule has 4 heterocycles. The Bertz CT molecular complexity index is 1330. The van der Waals surface area contributed by atoms with Crippen molar-refractivity contribution in [3.05, 3.63) is 82.3 Å². The highest BCUT2D eigenvalue weighted by molar-refractivity contribution is 5.92. The molecule has 4 aromatic heterocycles. The molecule has 4 rings (SSSR count). The minimum absolute atomic E-state index is 0.0892. The first kappa shape index (κ1) is 21.7. The zero-order valence-corrected chi connectivity index (χ0v) is 18.8. The van der Waals surface area contributed by atoms with E-state index in [1.165, 1.54) is 10.5 Å². The number of amides is 1. The molecule has 0 fully saturated rings. The van der Waals surface area contributed by atoms with E-state index in [0.29, 0.717) is 11.7 Å². The first-order chi connectivity index (χ1) is 15.2. The van der Waals surface area contributed by atoms with Gasteiger partial charge in [0.1, 0.15) is 17.0 Å². The van der Waals surface area contributed by atoms with Gasteiger partial charge in [0.15, 0.2) is 0 Å². The number of rotatable bonds is 6. The summed E-state index contributed by atoms with van der Waals surface area (Å²) in [4.78, 5) is 33.6. The second-order valence-electron chi connectivity index (χ2n) is 9.09. The number of hydrogen-bond acceptors (Lipinski definition) is 5. The quantitative estimate of drug-likeness (QED) is 0.489. The molecule has 0 aliphatic heterocycles. The summed E-state index contributed by atoms with van der Waals surface area (Å²) < 4.78 is 3.36. The van der Waals surface area contributed by atoms with Crippen molar-refractivity contribution in [2.45, 2.75) is 46.8 Å². The highest BCUT2D eigenvalue weighted by Gasteiger charge is 2.19. The lowest BCUT2D eigenvalue weighted by atomic mass is 9.88. The summed E-state index contributed by atoms with van der Waals surface area (Å²) in [6.45, 7) is 9.85. The van der Waals surface area contributed by atoms with E-state index in [0.717, 1.165) is 23.4 Å². The summed E-state index contributed by atoms with van der Waals surface area (Å²) in [6, 6.07) is 10.8. The van der Waals surface area contributed by atoms with Crippen molar-refractivity contribution in [3.63, 3.8) is 0 Å². The van der Waals surface area contributed by atoms with Gasteiger partial charge in [0.05, 0.1) is 12.2 Å². The van der Waals surface area contributed by atoms with Gasteiger partial charge in [-0.2, -0.15) is 0 Å². The summed E-state index contributed by atoms with van der Waals surface area (Å²) in [5.41, 5.74) is 3.10. The Kier molecular flexibility index (Phi) is 5.80. The van der Waals surface area contributed by atoms with Crippen molar-refractivity contribution in [1.29, 1.82) is 0 Å². The van der Waals surface area contributed by atoms with E-state index < -0.39 is 5.91 Å². The number of carbonyl (C=O) groups is 1. The van der Waals surface area contributed by atoms with E-state index in [-0.39, 0.29) is 23.2 Å². The Morgan fingerprint density at radius 1 is 1.06 bits per heavy atom. The Morgan fingerprint density at radius 3 is 2.66 bits per heavy atom. The summed E-state index contributed by atoms with van der Waals surface area (Å²) in [6.07, 6.45) is 5.56. The second-order valence-corrected chi connectivity index (χ2v) is 9.09. The molecule has 1 amide bonds. The minimum Gasteiger partial charge on any atom is -0.345 e. The third kappa shape index (κ3) is 4.70. The van der Waals surface area contributed by atoms with Crippen LogP contribution in [0.5, 0.6) is 0 Å². The number of aromatic nitrogens is 4. The first-order valence-electron chi connectivity index (χ1n) is 10.7. The van der Waals surface area contributed by atoms with Crippen molar-refractivity contribution in [3.8, 4) is 0 Å². The fourth-order valence-corrected chi connectivity index (χ4v) is 3.29. The van der Waals surface area contributed by atoms with Crippen LogP contribution in [0.15, 0.2) is 59.8 Å². The molecule has 0 unspecified atom stereocenters. The van der Waals surface area contributed by atoms with Crippen LogP contribution in [0.25, 0.3) is 11.3 Å². The molecule has 0 saturated carbocycles. The number of pyridine rings is 2. The first-order valence-corrected chi connectivity index (χ1v) is 10.7. The zero-order chi connectivity index (χ0) is 22.9. The maximum atomic E-state index is 12.5. The number of nitrogens with one attached hydrogen (secondary N) is 2. The fourth-order valence-electron chi connectivity index (χ4n) is 3.29. The third-order valence-corrected chi connectivity index (χ3v) is 5.71. The van der Waals surface area contributed by atoms with Crippen molar-refractivity contribution in [2.24, 2.45) is 5.41 Å². The van der Waals surface area contributed by atoms with Crippen molar-refractivity contribution in [2.75, 3.05) is 0 Å². The molecule has 0 saturated heterocycles. The van der Waals surface area contributed by atoms with E-state index >= 15 is 0 Å². The lowest BCUT2D eigenvalue weighted by molar-refractivity contribution is 0.0945. The second kappa shape index (κ2) is 8.55.